The molecular weight excluding hydrogens is 184 g/mol. The van der Waals surface area contributed by atoms with Gasteiger partial charge >= 0.3 is 5.97 Å². The van der Waals surface area contributed by atoms with E-state index in [4.69, 9.17) is 25.5 Å². The van der Waals surface area contributed by atoms with Gasteiger partial charge in [-0.1, -0.05) is 0 Å². The lowest BCUT2D eigenvalue weighted by Crippen LogP contribution is -2.59. The average molecular weight is 194 g/mol. The fourth-order valence-electron chi connectivity index (χ4n) is 1.07. The van der Waals surface area contributed by atoms with Crippen molar-refractivity contribution in [3.63, 3.8) is 0 Å². The Hall–Kier alpha value is -0.730. The molecule has 0 aromatic rings. The van der Waals surface area contributed by atoms with Crippen LogP contribution in [-0.2, 0) is 9.53 Å². The highest BCUT2D eigenvalue weighted by Crippen LogP contribution is 2.19. The van der Waals surface area contributed by atoms with E-state index in [9.17, 15) is 4.79 Å². The molecule has 7 heteroatoms. The number of carboxylic acids is 1. The molecule has 1 aliphatic rings. The van der Waals surface area contributed by atoms with E-state index in [2.05, 4.69) is 4.74 Å². The maximum Gasteiger partial charge on any atom is 0.335 e. The first-order chi connectivity index (χ1) is 5.95. The van der Waals surface area contributed by atoms with Crippen molar-refractivity contribution in [2.24, 2.45) is 0 Å². The van der Waals surface area contributed by atoms with Crippen molar-refractivity contribution in [2.75, 3.05) is 0 Å². The first kappa shape index (κ1) is 10.4. The molecule has 1 aliphatic heterocycles. The lowest BCUT2D eigenvalue weighted by atomic mass is 9.99. The Morgan fingerprint density at radius 3 is 2.00 bits per heavy atom. The molecule has 5 N–H and O–H groups in total. The van der Waals surface area contributed by atoms with E-state index in [0.717, 1.165) is 0 Å². The molecule has 1 saturated heterocycles. The summed E-state index contributed by atoms with van der Waals surface area (Å²) >= 11 is 0. The number of aliphatic carboxylic acids is 1. The van der Waals surface area contributed by atoms with Gasteiger partial charge in [-0.3, -0.25) is 0 Å². The third kappa shape index (κ3) is 1.79. The molecule has 0 bridgehead atoms. The van der Waals surface area contributed by atoms with E-state index in [-0.39, 0.29) is 0 Å². The number of ether oxygens (including phenoxy) is 1. The van der Waals surface area contributed by atoms with Crippen LogP contribution in [0.1, 0.15) is 0 Å². The molecule has 1 rings (SSSR count). The van der Waals surface area contributed by atoms with Gasteiger partial charge in [0.05, 0.1) is 0 Å². The van der Waals surface area contributed by atoms with Crippen molar-refractivity contribution in [2.45, 2.75) is 30.7 Å². The Bertz CT molecular complexity index is 205. The second kappa shape index (κ2) is 3.56. The normalized spacial score (nSPS) is 46.0. The van der Waals surface area contributed by atoms with Crippen LogP contribution in [0.2, 0.25) is 0 Å². The highest BCUT2D eigenvalue weighted by molar-refractivity contribution is 5.73. The Balaban J connectivity index is 2.76. The highest BCUT2D eigenvalue weighted by Gasteiger charge is 2.46. The van der Waals surface area contributed by atoms with Gasteiger partial charge in [0, 0.05) is 0 Å². The first-order valence-corrected chi connectivity index (χ1v) is 3.55. The lowest BCUT2D eigenvalue weighted by molar-refractivity contribution is -0.279. The third-order valence-electron chi connectivity index (χ3n) is 1.83. The standard InChI is InChI=1S/C6H10O7/c7-1-2(8)4(5(10)11)13-6(12)3(1)9/h1-4,6-9,12H,(H,10,11)/t1-,2+,3+,4+,6?/m1/s1. The van der Waals surface area contributed by atoms with Crippen molar-refractivity contribution >= 4 is 5.97 Å². The van der Waals surface area contributed by atoms with Crippen molar-refractivity contribution in [3.8, 4) is 0 Å². The minimum absolute atomic E-state index is 1.52. The van der Waals surface area contributed by atoms with Crippen LogP contribution in [0, 0.1) is 0 Å². The first-order valence-electron chi connectivity index (χ1n) is 3.55. The third-order valence-corrected chi connectivity index (χ3v) is 1.83. The molecule has 0 aliphatic carbocycles. The molecule has 1 fully saturated rings. The quantitative estimate of drug-likeness (QED) is 0.298. The van der Waals surface area contributed by atoms with Gasteiger partial charge in [-0.05, 0) is 0 Å². The summed E-state index contributed by atoms with van der Waals surface area (Å²) in [5, 5.41) is 44.4. The van der Waals surface area contributed by atoms with E-state index in [1.54, 1.807) is 0 Å². The average Bonchev–Trinajstić information content (AvgIpc) is 2.07. The van der Waals surface area contributed by atoms with Gasteiger partial charge in [0.2, 0.25) is 0 Å². The van der Waals surface area contributed by atoms with E-state index in [1.165, 1.54) is 0 Å². The smallest absolute Gasteiger partial charge is 0.335 e. The van der Waals surface area contributed by atoms with E-state index in [1.807, 2.05) is 0 Å². The van der Waals surface area contributed by atoms with Crippen LogP contribution in [0.25, 0.3) is 0 Å². The number of carboxylic acid groups (broad SMARTS) is 1. The minimum atomic E-state index is -1.81. The fraction of sp³-hybridized carbons (Fsp3) is 0.833. The van der Waals surface area contributed by atoms with Gasteiger partial charge in [0.1, 0.15) is 18.3 Å². The summed E-state index contributed by atoms with van der Waals surface area (Å²) in [6, 6.07) is 0. The summed E-state index contributed by atoms with van der Waals surface area (Å²) < 4.78 is 4.34. The van der Waals surface area contributed by atoms with Crippen LogP contribution < -0.4 is 0 Å². The Morgan fingerprint density at radius 2 is 1.54 bits per heavy atom. The van der Waals surface area contributed by atoms with E-state index < -0.39 is 36.7 Å². The van der Waals surface area contributed by atoms with Crippen LogP contribution >= 0.6 is 0 Å². The topological polar surface area (TPSA) is 127 Å². The van der Waals surface area contributed by atoms with Crippen LogP contribution in [0.3, 0.4) is 0 Å². The summed E-state index contributed by atoms with van der Waals surface area (Å²) in [7, 11) is 0. The van der Waals surface area contributed by atoms with E-state index in [0.29, 0.717) is 0 Å². The second-order valence-corrected chi connectivity index (χ2v) is 2.76. The Kier molecular flexibility index (Phi) is 2.84. The summed E-state index contributed by atoms with van der Waals surface area (Å²) in [5.41, 5.74) is 0. The van der Waals surface area contributed by atoms with Crippen LogP contribution in [0.15, 0.2) is 0 Å². The largest absolute Gasteiger partial charge is 0.479 e. The molecule has 0 aromatic carbocycles. The number of hydrogen-bond donors (Lipinski definition) is 5. The molecule has 0 aromatic heterocycles. The summed E-state index contributed by atoms with van der Waals surface area (Å²) in [5.74, 6) is -1.52. The molecule has 0 radical (unpaired) electrons. The molecular formula is C6H10O7. The number of rotatable bonds is 1. The molecule has 0 amide bonds. The Labute approximate surface area is 72.8 Å². The van der Waals surface area contributed by atoms with Crippen molar-refractivity contribution in [1.29, 1.82) is 0 Å². The van der Waals surface area contributed by atoms with Gasteiger partial charge in [-0.25, -0.2) is 4.79 Å². The SMILES string of the molecule is O=C(O)[C@H]1OC(O)[C@@H](O)[C@H](O)[C@@H]1O. The molecule has 7 nitrogen and oxygen atoms in total. The van der Waals surface area contributed by atoms with Crippen molar-refractivity contribution in [3.05, 3.63) is 0 Å². The molecule has 13 heavy (non-hydrogen) atoms. The fourth-order valence-corrected chi connectivity index (χ4v) is 1.07. The zero-order chi connectivity index (χ0) is 10.2. The monoisotopic (exact) mass is 194 g/mol. The van der Waals surface area contributed by atoms with Crippen LogP contribution in [0.5, 0.6) is 0 Å². The molecule has 1 heterocycles. The zero-order valence-corrected chi connectivity index (χ0v) is 6.44. The van der Waals surface area contributed by atoms with Gasteiger partial charge in [0.15, 0.2) is 12.4 Å². The summed E-state index contributed by atoms with van der Waals surface area (Å²) in [4.78, 5) is 10.4. The molecule has 5 atom stereocenters. The van der Waals surface area contributed by atoms with Crippen molar-refractivity contribution < 1.29 is 35.1 Å². The molecule has 0 saturated carbocycles. The van der Waals surface area contributed by atoms with Crippen LogP contribution in [-0.4, -0.2) is 62.2 Å². The summed E-state index contributed by atoms with van der Waals surface area (Å²) in [6.07, 6.45) is -8.72. The maximum absolute atomic E-state index is 10.4. The molecule has 1 unspecified atom stereocenters. The maximum atomic E-state index is 10.4. The molecule has 0 spiro atoms. The van der Waals surface area contributed by atoms with Crippen LogP contribution in [0.4, 0.5) is 0 Å². The number of hydrogen-bond acceptors (Lipinski definition) is 6. The second-order valence-electron chi connectivity index (χ2n) is 2.76. The minimum Gasteiger partial charge on any atom is -0.479 e. The number of aliphatic hydroxyl groups is 4. The Morgan fingerprint density at radius 1 is 1.00 bits per heavy atom. The highest BCUT2D eigenvalue weighted by atomic mass is 16.6. The predicted molar refractivity (Wildman–Crippen MR) is 36.5 cm³/mol. The van der Waals surface area contributed by atoms with Gasteiger partial charge < -0.3 is 30.3 Å². The lowest BCUT2D eigenvalue weighted by Gasteiger charge is -2.36. The van der Waals surface area contributed by atoms with Gasteiger partial charge in [-0.15, -0.1) is 0 Å². The molecule has 76 valence electrons. The zero-order valence-electron chi connectivity index (χ0n) is 6.44. The van der Waals surface area contributed by atoms with Gasteiger partial charge in [-0.2, -0.15) is 0 Å². The van der Waals surface area contributed by atoms with E-state index >= 15 is 0 Å². The number of carbonyl (C=O) groups is 1. The summed E-state index contributed by atoms with van der Waals surface area (Å²) in [6.45, 7) is 0. The van der Waals surface area contributed by atoms with Crippen molar-refractivity contribution in [1.82, 2.24) is 0 Å². The van der Waals surface area contributed by atoms with Gasteiger partial charge in [0.25, 0.3) is 0 Å². The number of aliphatic hydroxyl groups excluding tert-OH is 4. The predicted octanol–water partition coefficient (Wildman–Crippen LogP) is -3.13.